The van der Waals surface area contributed by atoms with Gasteiger partial charge in [-0.05, 0) is 49.8 Å². The van der Waals surface area contributed by atoms with Crippen molar-refractivity contribution in [3.05, 3.63) is 29.6 Å². The predicted octanol–water partition coefficient (Wildman–Crippen LogP) is 3.12. The van der Waals surface area contributed by atoms with Gasteiger partial charge in [0.2, 0.25) is 0 Å². The van der Waals surface area contributed by atoms with E-state index < -0.39 is 6.10 Å². The van der Waals surface area contributed by atoms with Gasteiger partial charge < -0.3 is 10.0 Å². The number of hydrogen-bond donors (Lipinski definition) is 1. The number of benzene rings is 1. The molecule has 0 amide bonds. The van der Waals surface area contributed by atoms with Crippen LogP contribution in [-0.2, 0) is 0 Å². The smallest absolute Gasteiger partial charge is 0.123 e. The summed E-state index contributed by atoms with van der Waals surface area (Å²) in [6, 6.07) is 4.78. The number of hydrogen-bond acceptors (Lipinski definition) is 2. The van der Waals surface area contributed by atoms with E-state index in [4.69, 9.17) is 0 Å². The van der Waals surface area contributed by atoms with Gasteiger partial charge >= 0.3 is 0 Å². The Labute approximate surface area is 107 Å². The molecular formula is C15H20FNO. The van der Waals surface area contributed by atoms with E-state index in [1.807, 2.05) is 6.07 Å². The number of nitrogens with zero attached hydrogens (tertiary/aromatic N) is 1. The normalized spacial score (nSPS) is 28.5. The molecule has 3 atom stereocenters. The van der Waals surface area contributed by atoms with Crippen molar-refractivity contribution in [3.8, 4) is 0 Å². The van der Waals surface area contributed by atoms with Gasteiger partial charge in [-0.2, -0.15) is 0 Å². The lowest BCUT2D eigenvalue weighted by Crippen LogP contribution is -2.22. The van der Waals surface area contributed by atoms with Gasteiger partial charge in [-0.15, -0.1) is 0 Å². The summed E-state index contributed by atoms with van der Waals surface area (Å²) in [6.07, 6.45) is 3.39. The van der Waals surface area contributed by atoms with Gasteiger partial charge in [0.15, 0.2) is 0 Å². The first-order valence-corrected chi connectivity index (χ1v) is 6.87. The molecule has 0 aromatic heterocycles. The van der Waals surface area contributed by atoms with E-state index in [1.54, 1.807) is 6.92 Å². The Hall–Kier alpha value is -1.09. The Morgan fingerprint density at radius 3 is 2.56 bits per heavy atom. The zero-order valence-electron chi connectivity index (χ0n) is 10.8. The first kappa shape index (κ1) is 12.0. The molecule has 1 heterocycles. The lowest BCUT2D eigenvalue weighted by molar-refractivity contribution is 0.199. The Kier molecular flexibility index (Phi) is 3.02. The molecule has 0 bridgehead atoms. The van der Waals surface area contributed by atoms with Gasteiger partial charge in [0.1, 0.15) is 5.82 Å². The second kappa shape index (κ2) is 4.54. The summed E-state index contributed by atoms with van der Waals surface area (Å²) in [5.41, 5.74) is 1.73. The lowest BCUT2D eigenvalue weighted by Gasteiger charge is -2.24. The summed E-state index contributed by atoms with van der Waals surface area (Å²) < 4.78 is 13.3. The third-order valence-corrected chi connectivity index (χ3v) is 4.51. The Bertz CT molecular complexity index is 434. The van der Waals surface area contributed by atoms with E-state index in [9.17, 15) is 9.50 Å². The summed E-state index contributed by atoms with van der Waals surface area (Å²) in [7, 11) is 0. The largest absolute Gasteiger partial charge is 0.389 e. The Balaban J connectivity index is 1.88. The van der Waals surface area contributed by atoms with Crippen molar-refractivity contribution in [3.63, 3.8) is 0 Å². The maximum absolute atomic E-state index is 13.3. The summed E-state index contributed by atoms with van der Waals surface area (Å²) in [6.45, 7) is 3.83. The third kappa shape index (κ3) is 2.01. The molecule has 2 aliphatic rings. The highest BCUT2D eigenvalue weighted by atomic mass is 19.1. The van der Waals surface area contributed by atoms with Crippen LogP contribution in [-0.4, -0.2) is 18.2 Å². The molecule has 3 heteroatoms. The molecule has 0 spiro atoms. The molecule has 1 aliphatic heterocycles. The van der Waals surface area contributed by atoms with Crippen molar-refractivity contribution >= 4 is 5.69 Å². The van der Waals surface area contributed by atoms with E-state index in [0.29, 0.717) is 0 Å². The molecule has 1 aromatic rings. The fourth-order valence-corrected chi connectivity index (χ4v) is 3.58. The first-order chi connectivity index (χ1) is 8.65. The fraction of sp³-hybridized carbons (Fsp3) is 0.600. The van der Waals surface area contributed by atoms with Gasteiger partial charge in [0.05, 0.1) is 6.10 Å². The van der Waals surface area contributed by atoms with Crippen LogP contribution in [0.4, 0.5) is 10.1 Å². The number of aliphatic hydroxyl groups is 1. The van der Waals surface area contributed by atoms with Crippen LogP contribution in [0.1, 0.15) is 37.9 Å². The van der Waals surface area contributed by atoms with Crippen molar-refractivity contribution in [1.82, 2.24) is 0 Å². The van der Waals surface area contributed by atoms with E-state index in [1.165, 1.54) is 31.4 Å². The Morgan fingerprint density at radius 1 is 1.28 bits per heavy atom. The van der Waals surface area contributed by atoms with Gasteiger partial charge in [-0.3, -0.25) is 0 Å². The highest BCUT2D eigenvalue weighted by Gasteiger charge is 2.36. The highest BCUT2D eigenvalue weighted by Crippen LogP contribution is 2.41. The molecule has 18 heavy (non-hydrogen) atoms. The van der Waals surface area contributed by atoms with Crippen molar-refractivity contribution < 1.29 is 9.50 Å². The number of halogens is 1. The molecular weight excluding hydrogens is 229 g/mol. The van der Waals surface area contributed by atoms with Crippen molar-refractivity contribution in [1.29, 1.82) is 0 Å². The van der Waals surface area contributed by atoms with Crippen molar-refractivity contribution in [2.45, 2.75) is 32.3 Å². The maximum Gasteiger partial charge on any atom is 0.123 e. The van der Waals surface area contributed by atoms with Crippen LogP contribution in [0.5, 0.6) is 0 Å². The summed E-state index contributed by atoms with van der Waals surface area (Å²) in [5, 5.41) is 9.80. The van der Waals surface area contributed by atoms with Crippen LogP contribution in [0.25, 0.3) is 0 Å². The fourth-order valence-electron chi connectivity index (χ4n) is 3.58. The number of rotatable bonds is 2. The van der Waals surface area contributed by atoms with Crippen LogP contribution in [0.15, 0.2) is 18.2 Å². The molecule has 98 valence electrons. The van der Waals surface area contributed by atoms with E-state index in [-0.39, 0.29) is 5.82 Å². The molecule has 2 nitrogen and oxygen atoms in total. The molecule has 0 radical (unpaired) electrons. The van der Waals surface area contributed by atoms with Crippen LogP contribution in [0.2, 0.25) is 0 Å². The molecule has 3 unspecified atom stereocenters. The monoisotopic (exact) mass is 249 g/mol. The Morgan fingerprint density at radius 2 is 1.94 bits per heavy atom. The minimum Gasteiger partial charge on any atom is -0.389 e. The predicted molar refractivity (Wildman–Crippen MR) is 70.1 cm³/mol. The molecule has 1 aliphatic carbocycles. The summed E-state index contributed by atoms with van der Waals surface area (Å²) in [5.74, 6) is 1.34. The van der Waals surface area contributed by atoms with Crippen molar-refractivity contribution in [2.75, 3.05) is 18.0 Å². The number of anilines is 1. The molecule has 3 rings (SSSR count). The van der Waals surface area contributed by atoms with E-state index >= 15 is 0 Å². The summed E-state index contributed by atoms with van der Waals surface area (Å²) >= 11 is 0. The second-order valence-electron chi connectivity index (χ2n) is 5.74. The molecule has 1 N–H and O–H groups in total. The van der Waals surface area contributed by atoms with Crippen LogP contribution >= 0.6 is 0 Å². The molecule has 1 aromatic carbocycles. The van der Waals surface area contributed by atoms with Gasteiger partial charge in [0.25, 0.3) is 0 Å². The highest BCUT2D eigenvalue weighted by molar-refractivity contribution is 5.55. The zero-order chi connectivity index (χ0) is 12.7. The topological polar surface area (TPSA) is 23.5 Å². The molecule has 1 saturated carbocycles. The lowest BCUT2D eigenvalue weighted by atomic mass is 10.0. The van der Waals surface area contributed by atoms with Crippen LogP contribution in [0, 0.1) is 17.7 Å². The maximum atomic E-state index is 13.3. The van der Waals surface area contributed by atoms with Gasteiger partial charge in [-0.1, -0.05) is 6.42 Å². The average Bonchev–Trinajstić information content (AvgIpc) is 2.88. The standard InChI is InChI=1S/C15H20FNO/c1-10(18)14-7-13(16)5-6-15(14)17-8-11-3-2-4-12(11)9-17/h5-7,10-12,18H,2-4,8-9H2,1H3. The van der Waals surface area contributed by atoms with Crippen molar-refractivity contribution in [2.24, 2.45) is 11.8 Å². The minimum absolute atomic E-state index is 0.269. The van der Waals surface area contributed by atoms with Gasteiger partial charge in [-0.25, -0.2) is 4.39 Å². The first-order valence-electron chi connectivity index (χ1n) is 6.87. The van der Waals surface area contributed by atoms with E-state index in [2.05, 4.69) is 4.90 Å². The zero-order valence-corrected chi connectivity index (χ0v) is 10.8. The summed E-state index contributed by atoms with van der Waals surface area (Å²) in [4.78, 5) is 2.33. The SMILES string of the molecule is CC(O)c1cc(F)ccc1N1CC2CCCC2C1. The van der Waals surface area contributed by atoms with Crippen LogP contribution < -0.4 is 4.90 Å². The second-order valence-corrected chi connectivity index (χ2v) is 5.74. The number of aliphatic hydroxyl groups excluding tert-OH is 1. The number of fused-ring (bicyclic) bond motifs is 1. The minimum atomic E-state index is -0.615. The third-order valence-electron chi connectivity index (χ3n) is 4.51. The van der Waals surface area contributed by atoms with Crippen LogP contribution in [0.3, 0.4) is 0 Å². The van der Waals surface area contributed by atoms with Gasteiger partial charge in [0, 0.05) is 24.3 Å². The molecule has 2 fully saturated rings. The molecule has 1 saturated heterocycles. The van der Waals surface area contributed by atoms with E-state index in [0.717, 1.165) is 36.2 Å². The average molecular weight is 249 g/mol. The quantitative estimate of drug-likeness (QED) is 0.870.